The first-order chi connectivity index (χ1) is 7.80. The van der Waals surface area contributed by atoms with Gasteiger partial charge < -0.3 is 10.1 Å². The summed E-state index contributed by atoms with van der Waals surface area (Å²) in [5.41, 5.74) is 0. The van der Waals surface area contributed by atoms with Gasteiger partial charge in [-0.1, -0.05) is 26.2 Å². The van der Waals surface area contributed by atoms with E-state index in [4.69, 9.17) is 11.2 Å². The second-order valence-electron chi connectivity index (χ2n) is 4.30. The van der Waals surface area contributed by atoms with Crippen LogP contribution in [0.25, 0.3) is 0 Å². The van der Waals surface area contributed by atoms with Gasteiger partial charge in [0.2, 0.25) is 0 Å². The number of nitrogens with zero attached hydrogens (tertiary/aromatic N) is 1. The zero-order chi connectivity index (χ0) is 11.8. The summed E-state index contributed by atoms with van der Waals surface area (Å²) >= 11 is 0. The van der Waals surface area contributed by atoms with Crippen molar-refractivity contribution in [2.75, 3.05) is 32.8 Å². The van der Waals surface area contributed by atoms with E-state index in [0.29, 0.717) is 6.10 Å². The standard InChI is InChI=1S/C13H24N2O/c1-4-7-12(5-2)14-10-13-11-15(6-3)8-9-16-13/h2,12-14H,4,6-11H2,1,3H3. The molecule has 1 heterocycles. The highest BCUT2D eigenvalue weighted by Gasteiger charge is 2.19. The average Bonchev–Trinajstić information content (AvgIpc) is 2.34. The van der Waals surface area contributed by atoms with Gasteiger partial charge in [0.05, 0.1) is 18.8 Å². The van der Waals surface area contributed by atoms with Crippen LogP contribution in [0.1, 0.15) is 26.7 Å². The Hall–Kier alpha value is -0.560. The largest absolute Gasteiger partial charge is 0.374 e. The first-order valence-electron chi connectivity index (χ1n) is 6.33. The van der Waals surface area contributed by atoms with Crippen LogP contribution in [0.4, 0.5) is 0 Å². The summed E-state index contributed by atoms with van der Waals surface area (Å²) in [5, 5.41) is 3.40. The van der Waals surface area contributed by atoms with Crippen LogP contribution in [-0.2, 0) is 4.74 Å². The summed E-state index contributed by atoms with van der Waals surface area (Å²) in [7, 11) is 0. The highest BCUT2D eigenvalue weighted by atomic mass is 16.5. The Morgan fingerprint density at radius 1 is 1.56 bits per heavy atom. The average molecular weight is 224 g/mol. The van der Waals surface area contributed by atoms with Crippen molar-refractivity contribution in [3.63, 3.8) is 0 Å². The minimum atomic E-state index is 0.200. The number of morpholine rings is 1. The van der Waals surface area contributed by atoms with Crippen LogP contribution < -0.4 is 5.32 Å². The fraction of sp³-hybridized carbons (Fsp3) is 0.846. The van der Waals surface area contributed by atoms with E-state index in [-0.39, 0.29) is 6.04 Å². The number of terminal acetylenes is 1. The summed E-state index contributed by atoms with van der Waals surface area (Å²) in [6, 6.07) is 0.200. The lowest BCUT2D eigenvalue weighted by atomic mass is 10.1. The summed E-state index contributed by atoms with van der Waals surface area (Å²) < 4.78 is 5.71. The van der Waals surface area contributed by atoms with Gasteiger partial charge in [-0.2, -0.15) is 0 Å². The fourth-order valence-electron chi connectivity index (χ4n) is 2.00. The van der Waals surface area contributed by atoms with Crippen molar-refractivity contribution < 1.29 is 4.74 Å². The summed E-state index contributed by atoms with van der Waals surface area (Å²) in [6.07, 6.45) is 7.92. The molecule has 3 nitrogen and oxygen atoms in total. The molecule has 0 radical (unpaired) electrons. The fourth-order valence-corrected chi connectivity index (χ4v) is 2.00. The first-order valence-corrected chi connectivity index (χ1v) is 6.33. The number of hydrogen-bond acceptors (Lipinski definition) is 3. The zero-order valence-corrected chi connectivity index (χ0v) is 10.5. The molecule has 3 heteroatoms. The van der Waals surface area contributed by atoms with Gasteiger partial charge in [-0.25, -0.2) is 0 Å². The minimum absolute atomic E-state index is 0.200. The molecule has 1 fully saturated rings. The topological polar surface area (TPSA) is 24.5 Å². The molecule has 1 aliphatic rings. The van der Waals surface area contributed by atoms with Gasteiger partial charge in [-0.3, -0.25) is 4.90 Å². The van der Waals surface area contributed by atoms with Crippen molar-refractivity contribution >= 4 is 0 Å². The van der Waals surface area contributed by atoms with Gasteiger partial charge in [-0.05, 0) is 13.0 Å². The number of nitrogens with one attached hydrogen (secondary N) is 1. The van der Waals surface area contributed by atoms with E-state index in [9.17, 15) is 0 Å². The van der Waals surface area contributed by atoms with E-state index < -0.39 is 0 Å². The highest BCUT2D eigenvalue weighted by Crippen LogP contribution is 2.04. The van der Waals surface area contributed by atoms with E-state index in [0.717, 1.165) is 45.6 Å². The van der Waals surface area contributed by atoms with Crippen molar-refractivity contribution in [2.24, 2.45) is 0 Å². The van der Waals surface area contributed by atoms with E-state index in [1.165, 1.54) is 0 Å². The molecule has 92 valence electrons. The van der Waals surface area contributed by atoms with E-state index >= 15 is 0 Å². The van der Waals surface area contributed by atoms with Gasteiger partial charge >= 0.3 is 0 Å². The quantitative estimate of drug-likeness (QED) is 0.684. The van der Waals surface area contributed by atoms with Crippen LogP contribution in [0.3, 0.4) is 0 Å². The third-order valence-electron chi connectivity index (χ3n) is 3.04. The molecule has 2 atom stereocenters. The molecule has 0 aliphatic carbocycles. The molecule has 0 aromatic rings. The Morgan fingerprint density at radius 2 is 2.38 bits per heavy atom. The highest BCUT2D eigenvalue weighted by molar-refractivity contribution is 4.98. The minimum Gasteiger partial charge on any atom is -0.374 e. The normalized spacial score (nSPS) is 23.9. The van der Waals surface area contributed by atoms with E-state index in [1.54, 1.807) is 0 Å². The molecule has 0 saturated carbocycles. The molecule has 16 heavy (non-hydrogen) atoms. The van der Waals surface area contributed by atoms with Crippen LogP contribution in [0, 0.1) is 12.3 Å². The number of hydrogen-bond donors (Lipinski definition) is 1. The predicted molar refractivity (Wildman–Crippen MR) is 67.4 cm³/mol. The van der Waals surface area contributed by atoms with Gasteiger partial charge in [0, 0.05) is 19.6 Å². The first kappa shape index (κ1) is 13.5. The molecule has 1 rings (SSSR count). The Labute approximate surface area is 99.5 Å². The number of rotatable bonds is 6. The zero-order valence-electron chi connectivity index (χ0n) is 10.5. The van der Waals surface area contributed by atoms with Crippen LogP contribution in [0.15, 0.2) is 0 Å². The van der Waals surface area contributed by atoms with Gasteiger partial charge in [-0.15, -0.1) is 6.42 Å². The predicted octanol–water partition coefficient (Wildman–Crippen LogP) is 1.10. The Balaban J connectivity index is 2.23. The Kier molecular flexibility index (Phi) is 6.47. The molecular formula is C13H24N2O. The maximum Gasteiger partial charge on any atom is 0.0827 e. The second kappa shape index (κ2) is 7.67. The van der Waals surface area contributed by atoms with Crippen molar-refractivity contribution in [3.05, 3.63) is 0 Å². The molecule has 0 amide bonds. The summed E-state index contributed by atoms with van der Waals surface area (Å²) in [5.74, 6) is 2.79. The Bertz CT molecular complexity index is 224. The van der Waals surface area contributed by atoms with E-state index in [1.807, 2.05) is 0 Å². The molecule has 0 aromatic carbocycles. The summed E-state index contributed by atoms with van der Waals surface area (Å²) in [4.78, 5) is 2.42. The lowest BCUT2D eigenvalue weighted by Gasteiger charge is -2.32. The van der Waals surface area contributed by atoms with Crippen LogP contribution >= 0.6 is 0 Å². The lowest BCUT2D eigenvalue weighted by Crippen LogP contribution is -2.47. The molecule has 0 spiro atoms. The van der Waals surface area contributed by atoms with Crippen molar-refractivity contribution in [1.29, 1.82) is 0 Å². The van der Waals surface area contributed by atoms with Gasteiger partial charge in [0.1, 0.15) is 0 Å². The van der Waals surface area contributed by atoms with Gasteiger partial charge in [0.25, 0.3) is 0 Å². The molecule has 2 unspecified atom stereocenters. The third kappa shape index (κ3) is 4.52. The molecular weight excluding hydrogens is 200 g/mol. The summed E-state index contributed by atoms with van der Waals surface area (Å²) in [6.45, 7) is 9.24. The number of ether oxygens (including phenoxy) is 1. The lowest BCUT2D eigenvalue weighted by molar-refractivity contribution is -0.0258. The molecule has 0 bridgehead atoms. The molecule has 1 N–H and O–H groups in total. The monoisotopic (exact) mass is 224 g/mol. The van der Waals surface area contributed by atoms with Crippen LogP contribution in [0.5, 0.6) is 0 Å². The van der Waals surface area contributed by atoms with Crippen LogP contribution in [-0.4, -0.2) is 49.8 Å². The van der Waals surface area contributed by atoms with Crippen molar-refractivity contribution in [2.45, 2.75) is 38.8 Å². The second-order valence-corrected chi connectivity index (χ2v) is 4.30. The molecule has 1 saturated heterocycles. The maximum atomic E-state index is 5.71. The Morgan fingerprint density at radius 3 is 3.00 bits per heavy atom. The smallest absolute Gasteiger partial charge is 0.0827 e. The maximum absolute atomic E-state index is 5.71. The molecule has 0 aromatic heterocycles. The van der Waals surface area contributed by atoms with E-state index in [2.05, 4.69) is 30.0 Å². The molecule has 1 aliphatic heterocycles. The van der Waals surface area contributed by atoms with Crippen molar-refractivity contribution in [3.8, 4) is 12.3 Å². The number of likely N-dealkylation sites (N-methyl/N-ethyl adjacent to an activating group) is 1. The SMILES string of the molecule is C#CC(CCC)NCC1CN(CC)CCO1. The van der Waals surface area contributed by atoms with Crippen LogP contribution in [0.2, 0.25) is 0 Å². The van der Waals surface area contributed by atoms with Crippen molar-refractivity contribution in [1.82, 2.24) is 10.2 Å². The third-order valence-corrected chi connectivity index (χ3v) is 3.04. The van der Waals surface area contributed by atoms with Gasteiger partial charge in [0.15, 0.2) is 0 Å².